The van der Waals surface area contributed by atoms with E-state index < -0.39 is 10.0 Å². The minimum absolute atomic E-state index is 0.0519. The topological polar surface area (TPSA) is 87.2 Å². The molecule has 1 saturated heterocycles. The standard InChI is InChI=1S/C11H13N3O2S/c12-8-9-7-10(13)3-4-11(9)17(15,16)14-5-1-2-6-14/h3-4,7H,1-2,5-6,13H2. The summed E-state index contributed by atoms with van der Waals surface area (Å²) in [7, 11) is -3.54. The van der Waals surface area contributed by atoms with Crippen LogP contribution in [0.5, 0.6) is 0 Å². The van der Waals surface area contributed by atoms with E-state index in [-0.39, 0.29) is 10.5 Å². The van der Waals surface area contributed by atoms with Gasteiger partial charge in [-0.3, -0.25) is 0 Å². The lowest BCUT2D eigenvalue weighted by atomic mass is 10.2. The van der Waals surface area contributed by atoms with Crippen LogP contribution in [0.4, 0.5) is 5.69 Å². The highest BCUT2D eigenvalue weighted by Gasteiger charge is 2.29. The highest BCUT2D eigenvalue weighted by Crippen LogP contribution is 2.24. The molecule has 0 atom stereocenters. The van der Waals surface area contributed by atoms with E-state index in [2.05, 4.69) is 0 Å². The highest BCUT2D eigenvalue weighted by atomic mass is 32.2. The molecule has 0 aromatic heterocycles. The molecule has 0 amide bonds. The number of nitriles is 1. The zero-order valence-corrected chi connectivity index (χ0v) is 10.1. The van der Waals surface area contributed by atoms with Crippen LogP contribution in [0, 0.1) is 11.3 Å². The molecule has 6 heteroatoms. The van der Waals surface area contributed by atoms with Crippen molar-refractivity contribution in [2.24, 2.45) is 0 Å². The molecule has 1 aromatic rings. The van der Waals surface area contributed by atoms with Crippen molar-refractivity contribution in [1.82, 2.24) is 4.31 Å². The Labute approximate surface area is 101 Å². The van der Waals surface area contributed by atoms with Crippen molar-refractivity contribution < 1.29 is 8.42 Å². The van der Waals surface area contributed by atoms with Gasteiger partial charge in [-0.2, -0.15) is 9.57 Å². The second kappa shape index (κ2) is 4.35. The monoisotopic (exact) mass is 251 g/mol. The number of nitrogen functional groups attached to an aromatic ring is 1. The molecule has 0 spiro atoms. The number of nitrogens with two attached hydrogens (primary N) is 1. The Balaban J connectivity index is 2.50. The van der Waals surface area contributed by atoms with Gasteiger partial charge in [0, 0.05) is 18.8 Å². The second-order valence-electron chi connectivity index (χ2n) is 3.98. The molecule has 90 valence electrons. The zero-order chi connectivity index (χ0) is 12.5. The molecule has 1 aliphatic heterocycles. The molecule has 1 fully saturated rings. The van der Waals surface area contributed by atoms with Crippen LogP contribution in [-0.4, -0.2) is 25.8 Å². The van der Waals surface area contributed by atoms with E-state index in [9.17, 15) is 8.42 Å². The van der Waals surface area contributed by atoms with Crippen LogP contribution in [0.1, 0.15) is 18.4 Å². The summed E-state index contributed by atoms with van der Waals surface area (Å²) in [5, 5.41) is 8.96. The van der Waals surface area contributed by atoms with Crippen LogP contribution in [-0.2, 0) is 10.0 Å². The van der Waals surface area contributed by atoms with Crippen LogP contribution >= 0.6 is 0 Å². The first-order chi connectivity index (χ1) is 8.05. The molecule has 0 saturated carbocycles. The van der Waals surface area contributed by atoms with Crippen LogP contribution in [0.3, 0.4) is 0 Å². The van der Waals surface area contributed by atoms with E-state index in [0.717, 1.165) is 12.8 Å². The summed E-state index contributed by atoms with van der Waals surface area (Å²) in [6, 6.07) is 6.18. The molecule has 1 aromatic carbocycles. The Morgan fingerprint density at radius 2 is 1.94 bits per heavy atom. The van der Waals surface area contributed by atoms with Crippen molar-refractivity contribution in [1.29, 1.82) is 5.26 Å². The van der Waals surface area contributed by atoms with Gasteiger partial charge in [0.15, 0.2) is 0 Å². The van der Waals surface area contributed by atoms with Gasteiger partial charge in [-0.1, -0.05) is 0 Å². The van der Waals surface area contributed by atoms with Crippen molar-refractivity contribution in [2.75, 3.05) is 18.8 Å². The summed E-state index contributed by atoms with van der Waals surface area (Å²) in [5.74, 6) is 0. The van der Waals surface area contributed by atoms with Gasteiger partial charge in [0.05, 0.1) is 5.56 Å². The third kappa shape index (κ3) is 2.12. The average molecular weight is 251 g/mol. The summed E-state index contributed by atoms with van der Waals surface area (Å²) >= 11 is 0. The largest absolute Gasteiger partial charge is 0.399 e. The first-order valence-electron chi connectivity index (χ1n) is 5.35. The summed E-state index contributed by atoms with van der Waals surface area (Å²) in [4.78, 5) is 0.0519. The van der Waals surface area contributed by atoms with E-state index in [1.165, 1.54) is 22.5 Å². The zero-order valence-electron chi connectivity index (χ0n) is 9.26. The molecule has 1 aliphatic rings. The number of nitrogens with zero attached hydrogens (tertiary/aromatic N) is 2. The van der Waals surface area contributed by atoms with Gasteiger partial charge in [-0.25, -0.2) is 8.42 Å². The van der Waals surface area contributed by atoms with Gasteiger partial charge in [-0.05, 0) is 31.0 Å². The lowest BCUT2D eigenvalue weighted by Crippen LogP contribution is -2.28. The predicted octanol–water partition coefficient (Wildman–Crippen LogP) is 0.925. The normalized spacial score (nSPS) is 16.9. The summed E-state index contributed by atoms with van der Waals surface area (Å²) in [5.41, 5.74) is 6.04. The summed E-state index contributed by atoms with van der Waals surface area (Å²) in [6.07, 6.45) is 1.74. The fourth-order valence-electron chi connectivity index (χ4n) is 1.93. The smallest absolute Gasteiger partial charge is 0.244 e. The number of hydrogen-bond acceptors (Lipinski definition) is 4. The Morgan fingerprint density at radius 3 is 2.53 bits per heavy atom. The maximum absolute atomic E-state index is 12.3. The Hall–Kier alpha value is -1.58. The van der Waals surface area contributed by atoms with E-state index in [0.29, 0.717) is 18.8 Å². The molecule has 1 heterocycles. The van der Waals surface area contributed by atoms with Crippen LogP contribution in [0.15, 0.2) is 23.1 Å². The lowest BCUT2D eigenvalue weighted by molar-refractivity contribution is 0.477. The maximum Gasteiger partial charge on any atom is 0.244 e. The van der Waals surface area contributed by atoms with E-state index in [4.69, 9.17) is 11.0 Å². The minimum atomic E-state index is -3.54. The van der Waals surface area contributed by atoms with Gasteiger partial charge >= 0.3 is 0 Å². The average Bonchev–Trinajstić information content (AvgIpc) is 2.82. The van der Waals surface area contributed by atoms with Crippen molar-refractivity contribution in [3.63, 3.8) is 0 Å². The number of sulfonamides is 1. The van der Waals surface area contributed by atoms with E-state index in [1.54, 1.807) is 0 Å². The van der Waals surface area contributed by atoms with Crippen molar-refractivity contribution >= 4 is 15.7 Å². The first kappa shape index (κ1) is 11.9. The molecule has 0 radical (unpaired) electrons. The molecular formula is C11H13N3O2S. The number of benzene rings is 1. The van der Waals surface area contributed by atoms with Crippen LogP contribution < -0.4 is 5.73 Å². The van der Waals surface area contributed by atoms with Gasteiger partial charge in [0.2, 0.25) is 10.0 Å². The summed E-state index contributed by atoms with van der Waals surface area (Å²) in [6.45, 7) is 1.05. The van der Waals surface area contributed by atoms with Gasteiger partial charge in [0.25, 0.3) is 0 Å². The quantitative estimate of drug-likeness (QED) is 0.792. The van der Waals surface area contributed by atoms with Gasteiger partial charge in [-0.15, -0.1) is 0 Å². The number of rotatable bonds is 2. The van der Waals surface area contributed by atoms with Gasteiger partial charge < -0.3 is 5.73 Å². The lowest BCUT2D eigenvalue weighted by Gasteiger charge is -2.16. The summed E-state index contributed by atoms with van der Waals surface area (Å²) < 4.78 is 25.9. The maximum atomic E-state index is 12.3. The van der Waals surface area contributed by atoms with E-state index >= 15 is 0 Å². The Bertz CT molecular complexity index is 569. The third-order valence-corrected chi connectivity index (χ3v) is 4.76. The van der Waals surface area contributed by atoms with Crippen molar-refractivity contribution in [2.45, 2.75) is 17.7 Å². The Morgan fingerprint density at radius 1 is 1.29 bits per heavy atom. The second-order valence-corrected chi connectivity index (χ2v) is 5.88. The van der Waals surface area contributed by atoms with Crippen LogP contribution in [0.25, 0.3) is 0 Å². The molecule has 0 aliphatic carbocycles. The highest BCUT2D eigenvalue weighted by molar-refractivity contribution is 7.89. The molecule has 2 rings (SSSR count). The van der Waals surface area contributed by atoms with Crippen molar-refractivity contribution in [3.05, 3.63) is 23.8 Å². The SMILES string of the molecule is N#Cc1cc(N)ccc1S(=O)(=O)N1CCCC1. The number of hydrogen-bond donors (Lipinski definition) is 1. The number of anilines is 1. The van der Waals surface area contributed by atoms with Gasteiger partial charge in [0.1, 0.15) is 11.0 Å². The van der Waals surface area contributed by atoms with Crippen molar-refractivity contribution in [3.8, 4) is 6.07 Å². The minimum Gasteiger partial charge on any atom is -0.399 e. The van der Waals surface area contributed by atoms with E-state index in [1.807, 2.05) is 6.07 Å². The first-order valence-corrected chi connectivity index (χ1v) is 6.79. The molecule has 0 unspecified atom stereocenters. The Kier molecular flexibility index (Phi) is 3.05. The molecule has 2 N–H and O–H groups in total. The molecule has 17 heavy (non-hydrogen) atoms. The fourth-order valence-corrected chi connectivity index (χ4v) is 3.57. The molecule has 0 bridgehead atoms. The predicted molar refractivity (Wildman–Crippen MR) is 63.6 cm³/mol. The molecule has 5 nitrogen and oxygen atoms in total. The fraction of sp³-hybridized carbons (Fsp3) is 0.364. The third-order valence-electron chi connectivity index (χ3n) is 2.81. The molecular weight excluding hydrogens is 238 g/mol. The van der Waals surface area contributed by atoms with Crippen LogP contribution in [0.2, 0.25) is 0 Å².